The standard InChI is InChI=1S/C66H109NO8/c1-3-5-7-9-11-13-15-17-18-19-20-21-22-23-24-25-26-27-28-29-30-31-32-33-34-35-36-37-38-39-40-41-42-44-46-48-50-52-54-56-62(70)67-59(58-74-66-65(73)64(72)63(71)61(57-68)75-66)60(69)55-53-51-49-47-45-43-16-14-12-10-8-6-4-2/h5,7,11,13,17-18,20-21,23-24,26-27,29-30,32-33,35-36,38-39,41-42,59-61,63-66,68-69,71-73H,3-4,6,8-10,12,14-16,19,22,25,28,31,34,37,40,43-58H2,1-2H3,(H,67,70)/b7-5-,13-11-,18-17-,21-20-,24-23-,27-26-,30-29-,33-32-,36-35-,39-38-,42-41-. The molecule has 1 heterocycles. The van der Waals surface area contributed by atoms with Gasteiger partial charge in [-0.3, -0.25) is 4.79 Å². The Kier molecular flexibility index (Phi) is 49.7. The molecule has 75 heavy (non-hydrogen) atoms. The lowest BCUT2D eigenvalue weighted by atomic mass is 9.99. The molecule has 0 aliphatic carbocycles. The van der Waals surface area contributed by atoms with Gasteiger partial charge in [0, 0.05) is 6.42 Å². The van der Waals surface area contributed by atoms with Crippen molar-refractivity contribution in [2.45, 2.75) is 262 Å². The van der Waals surface area contributed by atoms with Crippen molar-refractivity contribution in [3.63, 3.8) is 0 Å². The molecule has 7 unspecified atom stereocenters. The summed E-state index contributed by atoms with van der Waals surface area (Å²) in [6.45, 7) is 3.69. The quantitative estimate of drug-likeness (QED) is 0.0261. The fourth-order valence-electron chi connectivity index (χ4n) is 8.58. The molecule has 1 rings (SSSR count). The minimum Gasteiger partial charge on any atom is -0.394 e. The average Bonchev–Trinajstić information content (AvgIpc) is 3.41. The third-order valence-electron chi connectivity index (χ3n) is 13.3. The summed E-state index contributed by atoms with van der Waals surface area (Å²) in [4.78, 5) is 13.1. The van der Waals surface area contributed by atoms with Crippen LogP contribution in [0.4, 0.5) is 0 Å². The maximum Gasteiger partial charge on any atom is 0.220 e. The third kappa shape index (κ3) is 43.1. The molecular formula is C66H109NO8. The highest BCUT2D eigenvalue weighted by Gasteiger charge is 2.44. The monoisotopic (exact) mass is 1040 g/mol. The van der Waals surface area contributed by atoms with E-state index in [0.29, 0.717) is 12.8 Å². The molecule has 0 bridgehead atoms. The lowest BCUT2D eigenvalue weighted by Crippen LogP contribution is -2.60. The third-order valence-corrected chi connectivity index (χ3v) is 13.3. The molecule has 1 aliphatic rings. The number of unbranched alkanes of at least 4 members (excludes halogenated alkanes) is 17. The number of ether oxygens (including phenoxy) is 2. The normalized spacial score (nSPS) is 19.9. The predicted octanol–water partition coefficient (Wildman–Crippen LogP) is 15.3. The van der Waals surface area contributed by atoms with E-state index in [-0.39, 0.29) is 12.5 Å². The minimum atomic E-state index is -1.56. The van der Waals surface area contributed by atoms with Crippen LogP contribution in [-0.4, -0.2) is 87.5 Å². The van der Waals surface area contributed by atoms with E-state index in [1.165, 1.54) is 64.2 Å². The highest BCUT2D eigenvalue weighted by molar-refractivity contribution is 5.76. The summed E-state index contributed by atoms with van der Waals surface area (Å²) >= 11 is 0. The largest absolute Gasteiger partial charge is 0.394 e. The van der Waals surface area contributed by atoms with Gasteiger partial charge in [-0.05, 0) is 96.3 Å². The second kappa shape index (κ2) is 53.7. The van der Waals surface area contributed by atoms with Crippen molar-refractivity contribution in [3.05, 3.63) is 134 Å². The Morgan fingerprint density at radius 1 is 0.467 bits per heavy atom. The number of amides is 1. The van der Waals surface area contributed by atoms with Crippen molar-refractivity contribution in [2.24, 2.45) is 0 Å². The Hall–Kier alpha value is -3.67. The second-order valence-electron chi connectivity index (χ2n) is 20.1. The van der Waals surface area contributed by atoms with E-state index < -0.39 is 49.5 Å². The maximum absolute atomic E-state index is 13.1. The number of allylic oxidation sites excluding steroid dienone is 22. The van der Waals surface area contributed by atoms with Crippen LogP contribution in [0, 0.1) is 0 Å². The van der Waals surface area contributed by atoms with Crippen LogP contribution < -0.4 is 5.32 Å². The van der Waals surface area contributed by atoms with Crippen molar-refractivity contribution in [3.8, 4) is 0 Å². The Balaban J connectivity index is 2.18. The molecule has 1 saturated heterocycles. The summed E-state index contributed by atoms with van der Waals surface area (Å²) in [6, 6.07) is -0.739. The molecule has 1 amide bonds. The number of nitrogens with one attached hydrogen (secondary N) is 1. The number of aliphatic hydroxyl groups is 5. The first-order chi connectivity index (χ1) is 36.8. The molecule has 426 valence electrons. The highest BCUT2D eigenvalue weighted by Crippen LogP contribution is 2.23. The van der Waals surface area contributed by atoms with E-state index >= 15 is 0 Å². The summed E-state index contributed by atoms with van der Waals surface area (Å²) in [7, 11) is 0. The number of aliphatic hydroxyl groups excluding tert-OH is 5. The topological polar surface area (TPSA) is 149 Å². The van der Waals surface area contributed by atoms with Crippen molar-refractivity contribution in [1.82, 2.24) is 5.32 Å². The Morgan fingerprint density at radius 3 is 1.23 bits per heavy atom. The van der Waals surface area contributed by atoms with E-state index in [9.17, 15) is 30.3 Å². The number of carbonyl (C=O) groups is 1. The number of hydrogen-bond donors (Lipinski definition) is 6. The zero-order valence-corrected chi connectivity index (χ0v) is 47.2. The van der Waals surface area contributed by atoms with Gasteiger partial charge in [0.1, 0.15) is 24.4 Å². The van der Waals surface area contributed by atoms with Gasteiger partial charge in [0.15, 0.2) is 6.29 Å². The van der Waals surface area contributed by atoms with E-state index in [0.717, 1.165) is 128 Å². The van der Waals surface area contributed by atoms with Crippen molar-refractivity contribution >= 4 is 5.91 Å². The summed E-state index contributed by atoms with van der Waals surface area (Å²) in [6.07, 6.45) is 74.8. The Labute approximate surface area is 458 Å². The first kappa shape index (κ1) is 69.3. The smallest absolute Gasteiger partial charge is 0.220 e. The van der Waals surface area contributed by atoms with Crippen LogP contribution in [0.5, 0.6) is 0 Å². The Bertz CT molecular complexity index is 1640. The van der Waals surface area contributed by atoms with Crippen LogP contribution in [0.25, 0.3) is 0 Å². The van der Waals surface area contributed by atoms with E-state index in [1.54, 1.807) is 0 Å². The SMILES string of the molecule is CC/C=C\C/C=C\C/C=C\C/C=C\C/C=C\C/C=C\C/C=C\C/C=C\C/C=C\C/C=C\C/C=C\CCCCCCCC(=O)NC(COC1OC(CO)C(O)C(O)C1O)C(O)CCCCCCCCCCCCCCC. The molecule has 0 spiro atoms. The van der Waals surface area contributed by atoms with Gasteiger partial charge < -0.3 is 40.3 Å². The molecule has 0 aromatic carbocycles. The lowest BCUT2D eigenvalue weighted by Gasteiger charge is -2.40. The number of hydrogen-bond acceptors (Lipinski definition) is 8. The van der Waals surface area contributed by atoms with E-state index in [2.05, 4.69) is 153 Å². The van der Waals surface area contributed by atoms with Crippen LogP contribution in [0.15, 0.2) is 134 Å². The van der Waals surface area contributed by atoms with Gasteiger partial charge in [0.05, 0.1) is 25.4 Å². The molecule has 0 aromatic heterocycles. The molecule has 7 atom stereocenters. The van der Waals surface area contributed by atoms with Crippen molar-refractivity contribution in [2.75, 3.05) is 13.2 Å². The molecule has 0 aromatic rings. The first-order valence-electron chi connectivity index (χ1n) is 29.9. The predicted molar refractivity (Wildman–Crippen MR) is 317 cm³/mol. The molecule has 0 radical (unpaired) electrons. The molecular weight excluding hydrogens is 935 g/mol. The zero-order chi connectivity index (χ0) is 54.3. The fraction of sp³-hybridized carbons (Fsp3) is 0.652. The van der Waals surface area contributed by atoms with Crippen LogP contribution >= 0.6 is 0 Å². The van der Waals surface area contributed by atoms with Gasteiger partial charge in [-0.1, -0.05) is 250 Å². The van der Waals surface area contributed by atoms with Crippen molar-refractivity contribution in [1.29, 1.82) is 0 Å². The summed E-state index contributed by atoms with van der Waals surface area (Å²) in [5, 5.41) is 54.6. The lowest BCUT2D eigenvalue weighted by molar-refractivity contribution is -0.302. The molecule has 0 saturated carbocycles. The van der Waals surface area contributed by atoms with E-state index in [4.69, 9.17) is 9.47 Å². The Morgan fingerprint density at radius 2 is 0.827 bits per heavy atom. The van der Waals surface area contributed by atoms with Crippen LogP contribution in [0.1, 0.15) is 219 Å². The van der Waals surface area contributed by atoms with E-state index in [1.807, 2.05) is 0 Å². The van der Waals surface area contributed by atoms with Gasteiger partial charge in [-0.15, -0.1) is 0 Å². The summed E-state index contributed by atoms with van der Waals surface area (Å²) < 4.78 is 11.3. The maximum atomic E-state index is 13.1. The van der Waals surface area contributed by atoms with Gasteiger partial charge >= 0.3 is 0 Å². The molecule has 1 fully saturated rings. The first-order valence-corrected chi connectivity index (χ1v) is 29.9. The second-order valence-corrected chi connectivity index (χ2v) is 20.1. The van der Waals surface area contributed by atoms with Crippen molar-refractivity contribution < 1.29 is 39.8 Å². The highest BCUT2D eigenvalue weighted by atomic mass is 16.7. The molecule has 6 N–H and O–H groups in total. The van der Waals surface area contributed by atoms with Crippen LogP contribution in [-0.2, 0) is 14.3 Å². The fourth-order valence-corrected chi connectivity index (χ4v) is 8.58. The van der Waals surface area contributed by atoms with Gasteiger partial charge in [0.2, 0.25) is 5.91 Å². The van der Waals surface area contributed by atoms with Crippen LogP contribution in [0.2, 0.25) is 0 Å². The van der Waals surface area contributed by atoms with Gasteiger partial charge in [-0.25, -0.2) is 0 Å². The number of carbonyl (C=O) groups excluding carboxylic acids is 1. The van der Waals surface area contributed by atoms with Crippen LogP contribution in [0.3, 0.4) is 0 Å². The molecule has 1 aliphatic heterocycles. The minimum absolute atomic E-state index is 0.154. The number of rotatable bonds is 49. The zero-order valence-electron chi connectivity index (χ0n) is 47.2. The molecule has 9 nitrogen and oxygen atoms in total. The summed E-state index contributed by atoms with van der Waals surface area (Å²) in [5.74, 6) is -0.169. The molecule has 9 heteroatoms. The van der Waals surface area contributed by atoms with Gasteiger partial charge in [0.25, 0.3) is 0 Å². The average molecular weight is 1040 g/mol. The van der Waals surface area contributed by atoms with Gasteiger partial charge in [-0.2, -0.15) is 0 Å². The summed E-state index contributed by atoms with van der Waals surface area (Å²) in [5.41, 5.74) is 0.